The zero-order valence-electron chi connectivity index (χ0n) is 12.0. The van der Waals surface area contributed by atoms with Gasteiger partial charge in [-0.3, -0.25) is 0 Å². The van der Waals surface area contributed by atoms with Crippen molar-refractivity contribution in [3.8, 4) is 0 Å². The van der Waals surface area contributed by atoms with Crippen LogP contribution in [-0.4, -0.2) is 49.6 Å². The van der Waals surface area contributed by atoms with Crippen molar-refractivity contribution in [2.45, 2.75) is 19.8 Å². The first-order valence-electron chi connectivity index (χ1n) is 6.65. The number of ether oxygens (including phenoxy) is 1. The van der Waals surface area contributed by atoms with Crippen molar-refractivity contribution in [1.82, 2.24) is 9.88 Å². The summed E-state index contributed by atoms with van der Waals surface area (Å²) in [6.45, 7) is 4.15. The molecule has 0 fully saturated rings. The van der Waals surface area contributed by atoms with Crippen molar-refractivity contribution < 1.29 is 9.53 Å². The van der Waals surface area contributed by atoms with Crippen molar-refractivity contribution in [2.24, 2.45) is 0 Å². The van der Waals surface area contributed by atoms with E-state index in [9.17, 15) is 4.79 Å². The summed E-state index contributed by atoms with van der Waals surface area (Å²) in [4.78, 5) is 17.8. The molecule has 0 saturated heterocycles. The van der Waals surface area contributed by atoms with Crippen molar-refractivity contribution in [1.29, 1.82) is 0 Å². The molecule has 0 saturated carbocycles. The fraction of sp³-hybridized carbons (Fsp3) is 0.571. The van der Waals surface area contributed by atoms with Gasteiger partial charge in [-0.25, -0.2) is 9.78 Å². The molecule has 1 heterocycles. The van der Waals surface area contributed by atoms with Crippen LogP contribution in [0.1, 0.15) is 30.1 Å². The molecule has 1 N–H and O–H groups in total. The van der Waals surface area contributed by atoms with Gasteiger partial charge in [0.05, 0.1) is 12.2 Å². The predicted molar refractivity (Wildman–Crippen MR) is 76.5 cm³/mol. The Hall–Kier alpha value is -1.62. The van der Waals surface area contributed by atoms with E-state index >= 15 is 0 Å². The van der Waals surface area contributed by atoms with Gasteiger partial charge in [0.15, 0.2) is 0 Å². The molecule has 1 aromatic rings. The van der Waals surface area contributed by atoms with E-state index in [1.165, 1.54) is 0 Å². The topological polar surface area (TPSA) is 54.5 Å². The quantitative estimate of drug-likeness (QED) is 0.575. The summed E-state index contributed by atoms with van der Waals surface area (Å²) in [5, 5.41) is 3.23. The zero-order chi connectivity index (χ0) is 14.1. The number of aromatic nitrogens is 1. The molecule has 1 aromatic heterocycles. The number of pyridine rings is 1. The minimum absolute atomic E-state index is 0.326. The van der Waals surface area contributed by atoms with E-state index in [0.717, 1.165) is 31.7 Å². The molecule has 0 bridgehead atoms. The fourth-order valence-corrected chi connectivity index (χ4v) is 1.60. The first-order valence-corrected chi connectivity index (χ1v) is 6.65. The number of unbranched alkanes of at least 4 members (excludes halogenated alkanes) is 1. The summed E-state index contributed by atoms with van der Waals surface area (Å²) in [6.07, 6.45) is 3.79. The number of nitrogens with zero attached hydrogens (tertiary/aromatic N) is 2. The van der Waals surface area contributed by atoms with E-state index < -0.39 is 0 Å². The van der Waals surface area contributed by atoms with Crippen LogP contribution in [-0.2, 0) is 4.74 Å². The summed E-state index contributed by atoms with van der Waals surface area (Å²) in [7, 11) is 4.15. The second-order valence-electron chi connectivity index (χ2n) is 4.59. The molecule has 0 radical (unpaired) electrons. The Labute approximate surface area is 115 Å². The largest absolute Gasteiger partial charge is 0.462 e. The average molecular weight is 265 g/mol. The standard InChI is InChI=1S/C14H23N3O2/c1-4-19-14(18)12-7-8-13(16-11-12)15-9-5-6-10-17(2)3/h7-8,11H,4-6,9-10H2,1-3H3,(H,15,16). The Morgan fingerprint density at radius 3 is 2.74 bits per heavy atom. The Morgan fingerprint density at radius 2 is 2.16 bits per heavy atom. The summed E-state index contributed by atoms with van der Waals surface area (Å²) in [5.41, 5.74) is 0.486. The maximum Gasteiger partial charge on any atom is 0.339 e. The van der Waals surface area contributed by atoms with Gasteiger partial charge < -0.3 is 15.0 Å². The normalized spacial score (nSPS) is 10.5. The van der Waals surface area contributed by atoms with E-state index in [4.69, 9.17) is 4.74 Å². The van der Waals surface area contributed by atoms with Gasteiger partial charge in [-0.1, -0.05) is 0 Å². The lowest BCUT2D eigenvalue weighted by Gasteiger charge is -2.09. The highest BCUT2D eigenvalue weighted by Crippen LogP contribution is 2.06. The summed E-state index contributed by atoms with van der Waals surface area (Å²) in [5.74, 6) is 0.463. The number of carbonyl (C=O) groups is 1. The Balaban J connectivity index is 2.30. The van der Waals surface area contributed by atoms with Gasteiger partial charge in [-0.15, -0.1) is 0 Å². The highest BCUT2D eigenvalue weighted by atomic mass is 16.5. The van der Waals surface area contributed by atoms with Crippen LogP contribution in [0.25, 0.3) is 0 Å². The number of esters is 1. The van der Waals surface area contributed by atoms with Crippen LogP contribution in [0, 0.1) is 0 Å². The van der Waals surface area contributed by atoms with E-state index in [2.05, 4.69) is 29.3 Å². The van der Waals surface area contributed by atoms with Gasteiger partial charge in [-0.05, 0) is 52.5 Å². The maximum atomic E-state index is 11.4. The highest BCUT2D eigenvalue weighted by Gasteiger charge is 2.06. The van der Waals surface area contributed by atoms with Gasteiger partial charge in [0.1, 0.15) is 5.82 Å². The van der Waals surface area contributed by atoms with Crippen molar-refractivity contribution in [2.75, 3.05) is 39.1 Å². The van der Waals surface area contributed by atoms with Crippen LogP contribution in [0.15, 0.2) is 18.3 Å². The minimum Gasteiger partial charge on any atom is -0.462 e. The summed E-state index contributed by atoms with van der Waals surface area (Å²) < 4.78 is 4.90. The average Bonchev–Trinajstić information content (AvgIpc) is 2.39. The number of nitrogens with one attached hydrogen (secondary N) is 1. The second-order valence-corrected chi connectivity index (χ2v) is 4.59. The molecule has 106 valence electrons. The SMILES string of the molecule is CCOC(=O)c1ccc(NCCCCN(C)C)nc1. The molecule has 0 spiro atoms. The third kappa shape index (κ3) is 6.20. The summed E-state index contributed by atoms with van der Waals surface area (Å²) >= 11 is 0. The van der Waals surface area contributed by atoms with Crippen molar-refractivity contribution >= 4 is 11.8 Å². The van der Waals surface area contributed by atoms with Gasteiger partial charge in [0.25, 0.3) is 0 Å². The molecule has 0 aliphatic carbocycles. The molecule has 0 aliphatic heterocycles. The molecule has 5 nitrogen and oxygen atoms in total. The molecule has 5 heteroatoms. The van der Waals surface area contributed by atoms with Gasteiger partial charge in [-0.2, -0.15) is 0 Å². The van der Waals surface area contributed by atoms with Crippen molar-refractivity contribution in [3.63, 3.8) is 0 Å². The molecule has 0 unspecified atom stereocenters. The zero-order valence-corrected chi connectivity index (χ0v) is 12.0. The van der Waals surface area contributed by atoms with Crippen LogP contribution in [0.2, 0.25) is 0 Å². The highest BCUT2D eigenvalue weighted by molar-refractivity contribution is 5.89. The van der Waals surface area contributed by atoms with E-state index in [-0.39, 0.29) is 5.97 Å². The van der Waals surface area contributed by atoms with Crippen LogP contribution >= 0.6 is 0 Å². The lowest BCUT2D eigenvalue weighted by Crippen LogP contribution is -2.14. The van der Waals surface area contributed by atoms with E-state index in [1.54, 1.807) is 25.3 Å². The Kier molecular flexibility index (Phi) is 6.89. The van der Waals surface area contributed by atoms with Crippen LogP contribution < -0.4 is 5.32 Å². The molecular formula is C14H23N3O2. The molecule has 1 rings (SSSR count). The summed E-state index contributed by atoms with van der Waals surface area (Å²) in [6, 6.07) is 3.53. The number of hydrogen-bond acceptors (Lipinski definition) is 5. The van der Waals surface area contributed by atoms with Gasteiger partial charge >= 0.3 is 5.97 Å². The molecule has 0 amide bonds. The number of anilines is 1. The number of carbonyl (C=O) groups excluding carboxylic acids is 1. The third-order valence-electron chi connectivity index (χ3n) is 2.61. The fourth-order valence-electron chi connectivity index (χ4n) is 1.60. The smallest absolute Gasteiger partial charge is 0.339 e. The first kappa shape index (κ1) is 15.4. The Bertz CT molecular complexity index is 377. The van der Waals surface area contributed by atoms with E-state index in [0.29, 0.717) is 12.2 Å². The van der Waals surface area contributed by atoms with Gasteiger partial charge in [0.2, 0.25) is 0 Å². The third-order valence-corrected chi connectivity index (χ3v) is 2.61. The maximum absolute atomic E-state index is 11.4. The Morgan fingerprint density at radius 1 is 1.37 bits per heavy atom. The van der Waals surface area contributed by atoms with Gasteiger partial charge in [0, 0.05) is 12.7 Å². The van der Waals surface area contributed by atoms with Crippen LogP contribution in [0.3, 0.4) is 0 Å². The van der Waals surface area contributed by atoms with E-state index in [1.807, 2.05) is 0 Å². The molecule has 0 aromatic carbocycles. The first-order chi connectivity index (χ1) is 9.13. The molecule has 19 heavy (non-hydrogen) atoms. The van der Waals surface area contributed by atoms with Crippen LogP contribution in [0.5, 0.6) is 0 Å². The minimum atomic E-state index is -0.326. The molecule has 0 aliphatic rings. The monoisotopic (exact) mass is 265 g/mol. The number of rotatable bonds is 8. The number of hydrogen-bond donors (Lipinski definition) is 1. The second kappa shape index (κ2) is 8.48. The lowest BCUT2D eigenvalue weighted by molar-refractivity contribution is 0.0526. The van der Waals surface area contributed by atoms with Crippen LogP contribution in [0.4, 0.5) is 5.82 Å². The van der Waals surface area contributed by atoms with Crippen molar-refractivity contribution in [3.05, 3.63) is 23.9 Å². The lowest BCUT2D eigenvalue weighted by atomic mass is 10.2. The molecule has 0 atom stereocenters. The predicted octanol–water partition coefficient (Wildman–Crippen LogP) is 2.01. The molecular weight excluding hydrogens is 242 g/mol.